The zero-order chi connectivity index (χ0) is 17.1. The van der Waals surface area contributed by atoms with Crippen molar-refractivity contribution in [3.8, 4) is 0 Å². The van der Waals surface area contributed by atoms with Gasteiger partial charge in [-0.15, -0.1) is 24.8 Å². The standard InChI is InChI=1S/C19H26Cl2N2O.2ClH/c1-22(19(24)13-14-8-9-15(20)16(21)12-14)17-6-2-3-7-18(17)23-10-4-5-11-23;;/h8-9,12,17-18H,2-7,10-11,13H2,1H3;2*1H/t17-,18+;;/m1../s1. The molecule has 0 aromatic heterocycles. The minimum atomic E-state index is 0. The third-order valence-electron chi connectivity index (χ3n) is 5.53. The first-order chi connectivity index (χ1) is 11.6. The average Bonchev–Trinajstić information content (AvgIpc) is 3.12. The predicted octanol–water partition coefficient (Wildman–Crippen LogP) is 5.24. The molecule has 0 bridgehead atoms. The van der Waals surface area contributed by atoms with E-state index in [0.29, 0.717) is 28.5 Å². The van der Waals surface area contributed by atoms with Crippen LogP contribution in [-0.2, 0) is 11.2 Å². The second kappa shape index (κ2) is 11.0. The van der Waals surface area contributed by atoms with Crippen LogP contribution < -0.4 is 0 Å². The van der Waals surface area contributed by atoms with Gasteiger partial charge in [-0.2, -0.15) is 0 Å². The number of rotatable bonds is 4. The summed E-state index contributed by atoms with van der Waals surface area (Å²) in [5, 5.41) is 1.04. The van der Waals surface area contributed by atoms with Crippen LogP contribution in [0, 0.1) is 0 Å². The van der Waals surface area contributed by atoms with Crippen molar-refractivity contribution in [3.05, 3.63) is 33.8 Å². The Morgan fingerprint density at radius 2 is 1.73 bits per heavy atom. The van der Waals surface area contributed by atoms with E-state index in [9.17, 15) is 4.79 Å². The Balaban J connectivity index is 0.00000169. The Hall–Kier alpha value is -0.190. The molecule has 1 saturated carbocycles. The van der Waals surface area contributed by atoms with E-state index in [1.165, 1.54) is 45.2 Å². The highest BCUT2D eigenvalue weighted by Crippen LogP contribution is 2.29. The monoisotopic (exact) mass is 440 g/mol. The summed E-state index contributed by atoms with van der Waals surface area (Å²) in [6, 6.07) is 6.32. The summed E-state index contributed by atoms with van der Waals surface area (Å²) in [5.41, 5.74) is 0.926. The van der Waals surface area contributed by atoms with Gasteiger partial charge in [0, 0.05) is 19.1 Å². The molecule has 2 fully saturated rings. The zero-order valence-corrected chi connectivity index (χ0v) is 18.3. The van der Waals surface area contributed by atoms with Crippen molar-refractivity contribution in [2.75, 3.05) is 20.1 Å². The lowest BCUT2D eigenvalue weighted by atomic mass is 9.88. The molecular formula is C19H28Cl4N2O. The molecule has 1 aliphatic carbocycles. The molecule has 0 N–H and O–H groups in total. The molecule has 0 spiro atoms. The number of carbonyl (C=O) groups is 1. The first kappa shape index (κ1) is 23.8. The number of carbonyl (C=O) groups excluding carboxylic acids is 1. The normalized spacial score (nSPS) is 23.0. The molecule has 3 rings (SSSR count). The van der Waals surface area contributed by atoms with Gasteiger partial charge in [0.15, 0.2) is 0 Å². The Morgan fingerprint density at radius 1 is 1.08 bits per heavy atom. The van der Waals surface area contributed by atoms with E-state index in [0.717, 1.165) is 12.0 Å². The average molecular weight is 442 g/mol. The van der Waals surface area contributed by atoms with E-state index in [4.69, 9.17) is 23.2 Å². The summed E-state index contributed by atoms with van der Waals surface area (Å²) in [4.78, 5) is 17.4. The first-order valence-corrected chi connectivity index (χ1v) is 9.75. The maximum atomic E-state index is 12.8. The quantitative estimate of drug-likeness (QED) is 0.637. The molecule has 0 radical (unpaired) electrons. The molecule has 1 saturated heterocycles. The van der Waals surface area contributed by atoms with Crippen LogP contribution in [0.4, 0.5) is 0 Å². The van der Waals surface area contributed by atoms with Gasteiger partial charge in [0.1, 0.15) is 0 Å². The summed E-state index contributed by atoms with van der Waals surface area (Å²) < 4.78 is 0. The summed E-state index contributed by atoms with van der Waals surface area (Å²) in [6.07, 6.45) is 7.82. The van der Waals surface area contributed by atoms with Crippen LogP contribution in [0.25, 0.3) is 0 Å². The molecule has 1 heterocycles. The fraction of sp³-hybridized carbons (Fsp3) is 0.632. The molecule has 148 valence electrons. The SMILES string of the molecule is CN(C(=O)Cc1ccc(Cl)c(Cl)c1)[C@@H]1CCCC[C@@H]1N1CCCC1.Cl.Cl. The molecular weight excluding hydrogens is 414 g/mol. The van der Waals surface area contributed by atoms with Crippen molar-refractivity contribution in [1.29, 1.82) is 0 Å². The number of benzene rings is 1. The summed E-state index contributed by atoms with van der Waals surface area (Å²) in [6.45, 7) is 2.38. The molecule has 2 aliphatic rings. The van der Waals surface area contributed by atoms with Gasteiger partial charge < -0.3 is 4.90 Å². The number of halogens is 4. The number of likely N-dealkylation sites (tertiary alicyclic amines) is 1. The predicted molar refractivity (Wildman–Crippen MR) is 114 cm³/mol. The van der Waals surface area contributed by atoms with E-state index >= 15 is 0 Å². The second-order valence-corrected chi connectivity index (χ2v) is 7.91. The maximum Gasteiger partial charge on any atom is 0.227 e. The topological polar surface area (TPSA) is 23.6 Å². The number of amides is 1. The lowest BCUT2D eigenvalue weighted by molar-refractivity contribution is -0.133. The van der Waals surface area contributed by atoms with Gasteiger partial charge in [0.2, 0.25) is 5.91 Å². The number of hydrogen-bond acceptors (Lipinski definition) is 2. The van der Waals surface area contributed by atoms with Gasteiger partial charge in [-0.1, -0.05) is 42.1 Å². The molecule has 0 unspecified atom stereocenters. The molecule has 26 heavy (non-hydrogen) atoms. The molecule has 1 amide bonds. The van der Waals surface area contributed by atoms with Crippen molar-refractivity contribution in [2.45, 2.75) is 57.0 Å². The van der Waals surface area contributed by atoms with Crippen LogP contribution in [0.1, 0.15) is 44.1 Å². The Labute approximate surface area is 179 Å². The number of hydrogen-bond donors (Lipinski definition) is 0. The van der Waals surface area contributed by atoms with Crippen molar-refractivity contribution in [3.63, 3.8) is 0 Å². The lowest BCUT2D eigenvalue weighted by Crippen LogP contribution is -2.53. The minimum Gasteiger partial charge on any atom is -0.341 e. The second-order valence-electron chi connectivity index (χ2n) is 7.09. The summed E-state index contributed by atoms with van der Waals surface area (Å²) in [7, 11) is 1.97. The van der Waals surface area contributed by atoms with Crippen LogP contribution in [0.2, 0.25) is 10.0 Å². The maximum absolute atomic E-state index is 12.8. The highest BCUT2D eigenvalue weighted by molar-refractivity contribution is 6.42. The fourth-order valence-corrected chi connectivity index (χ4v) is 4.50. The van der Waals surface area contributed by atoms with Gasteiger partial charge in [-0.25, -0.2) is 0 Å². The van der Waals surface area contributed by atoms with Gasteiger partial charge in [0.05, 0.1) is 16.5 Å². The summed E-state index contributed by atoms with van der Waals surface area (Å²) in [5.74, 6) is 0.171. The highest BCUT2D eigenvalue weighted by Gasteiger charge is 2.35. The van der Waals surface area contributed by atoms with Crippen molar-refractivity contribution in [1.82, 2.24) is 9.80 Å². The van der Waals surface area contributed by atoms with Crippen LogP contribution in [0.3, 0.4) is 0 Å². The molecule has 1 aromatic carbocycles. The smallest absolute Gasteiger partial charge is 0.227 e. The molecule has 2 atom stereocenters. The van der Waals surface area contributed by atoms with E-state index in [2.05, 4.69) is 4.90 Å². The van der Waals surface area contributed by atoms with Gasteiger partial charge in [-0.3, -0.25) is 9.69 Å². The molecule has 7 heteroatoms. The minimum absolute atomic E-state index is 0. The molecule has 1 aromatic rings. The zero-order valence-electron chi connectivity index (χ0n) is 15.1. The van der Waals surface area contributed by atoms with Crippen molar-refractivity contribution in [2.24, 2.45) is 0 Å². The largest absolute Gasteiger partial charge is 0.341 e. The molecule has 3 nitrogen and oxygen atoms in total. The van der Waals surface area contributed by atoms with Crippen molar-refractivity contribution >= 4 is 53.9 Å². The summed E-state index contributed by atoms with van der Waals surface area (Å²) >= 11 is 12.0. The van der Waals surface area contributed by atoms with E-state index in [1.807, 2.05) is 18.0 Å². The Bertz CT molecular complexity index is 593. The first-order valence-electron chi connectivity index (χ1n) is 9.00. The molecule has 1 aliphatic heterocycles. The van der Waals surface area contributed by atoms with E-state index in [-0.39, 0.29) is 30.7 Å². The highest BCUT2D eigenvalue weighted by atomic mass is 35.5. The van der Waals surface area contributed by atoms with Gasteiger partial charge in [0.25, 0.3) is 0 Å². The van der Waals surface area contributed by atoms with Crippen LogP contribution in [0.5, 0.6) is 0 Å². The van der Waals surface area contributed by atoms with Crippen molar-refractivity contribution < 1.29 is 4.79 Å². The van der Waals surface area contributed by atoms with Gasteiger partial charge in [-0.05, 0) is 56.5 Å². The third-order valence-corrected chi connectivity index (χ3v) is 6.27. The number of likely N-dealkylation sites (N-methyl/N-ethyl adjacent to an activating group) is 1. The third kappa shape index (κ3) is 5.65. The number of nitrogens with zero attached hydrogens (tertiary/aromatic N) is 2. The van der Waals surface area contributed by atoms with E-state index in [1.54, 1.807) is 12.1 Å². The van der Waals surface area contributed by atoms with E-state index < -0.39 is 0 Å². The lowest BCUT2D eigenvalue weighted by Gasteiger charge is -2.42. The Kier molecular flexibility index (Phi) is 10.1. The Morgan fingerprint density at radius 3 is 2.38 bits per heavy atom. The van der Waals surface area contributed by atoms with Crippen LogP contribution >= 0.6 is 48.0 Å². The van der Waals surface area contributed by atoms with Crippen LogP contribution in [-0.4, -0.2) is 47.9 Å². The van der Waals surface area contributed by atoms with Crippen LogP contribution in [0.15, 0.2) is 18.2 Å². The fourth-order valence-electron chi connectivity index (χ4n) is 4.18. The van der Waals surface area contributed by atoms with Gasteiger partial charge >= 0.3 is 0 Å².